The first-order chi connectivity index (χ1) is 14.1. The molecule has 29 heavy (non-hydrogen) atoms. The summed E-state index contributed by atoms with van der Waals surface area (Å²) in [5.41, 5.74) is 3.18. The average Bonchev–Trinajstić information content (AvgIpc) is 3.10. The maximum atomic E-state index is 12.7. The van der Waals surface area contributed by atoms with Gasteiger partial charge in [0.15, 0.2) is 6.10 Å². The minimum absolute atomic E-state index is 0.263. The number of rotatable bonds is 6. The van der Waals surface area contributed by atoms with E-state index in [0.29, 0.717) is 22.8 Å². The summed E-state index contributed by atoms with van der Waals surface area (Å²) in [7, 11) is 1.58. The van der Waals surface area contributed by atoms with Gasteiger partial charge in [0.2, 0.25) is 0 Å². The fourth-order valence-electron chi connectivity index (χ4n) is 3.35. The summed E-state index contributed by atoms with van der Waals surface area (Å²) < 4.78 is 17.2. The molecule has 0 aliphatic heterocycles. The maximum Gasteiger partial charge on any atom is 0.265 e. The van der Waals surface area contributed by atoms with E-state index < -0.39 is 6.10 Å². The molecule has 1 atom stereocenters. The molecule has 4 rings (SSSR count). The van der Waals surface area contributed by atoms with Crippen molar-refractivity contribution in [3.8, 4) is 11.5 Å². The number of anilines is 1. The molecule has 0 spiro atoms. The van der Waals surface area contributed by atoms with Crippen molar-refractivity contribution in [1.82, 2.24) is 0 Å². The van der Waals surface area contributed by atoms with Crippen molar-refractivity contribution in [1.29, 1.82) is 0 Å². The van der Waals surface area contributed by atoms with Crippen molar-refractivity contribution in [3.63, 3.8) is 0 Å². The summed E-state index contributed by atoms with van der Waals surface area (Å²) in [6.07, 6.45) is 0.241. The van der Waals surface area contributed by atoms with Crippen molar-refractivity contribution in [2.24, 2.45) is 0 Å². The number of amides is 1. The summed E-state index contributed by atoms with van der Waals surface area (Å²) in [6, 6.07) is 19.2. The molecule has 1 N–H and O–H groups in total. The Kier molecular flexibility index (Phi) is 5.12. The van der Waals surface area contributed by atoms with Gasteiger partial charge in [0, 0.05) is 16.8 Å². The van der Waals surface area contributed by atoms with Crippen molar-refractivity contribution >= 4 is 33.5 Å². The van der Waals surface area contributed by atoms with Crippen LogP contribution in [0.1, 0.15) is 19.4 Å². The molecule has 0 unspecified atom stereocenters. The molecule has 1 heterocycles. The number of nitrogens with one attached hydrogen (secondary N) is 1. The standard InChI is InChI=1S/C24H23NO4/c1-4-16-8-7-9-17(12-16)28-15(2)24(26)25-20-14-22-19(13-23(20)27-3)18-10-5-6-11-21(18)29-22/h5-15H,4H2,1-3H3,(H,25,26)/t15-/m1/s1. The number of carbonyl (C=O) groups excluding carboxylic acids is 1. The predicted molar refractivity (Wildman–Crippen MR) is 115 cm³/mol. The smallest absolute Gasteiger partial charge is 0.265 e. The Bertz CT molecular complexity index is 1180. The van der Waals surface area contributed by atoms with E-state index in [2.05, 4.69) is 12.2 Å². The van der Waals surface area contributed by atoms with Gasteiger partial charge in [0.25, 0.3) is 5.91 Å². The average molecular weight is 389 g/mol. The third kappa shape index (κ3) is 3.76. The van der Waals surface area contributed by atoms with Gasteiger partial charge < -0.3 is 19.2 Å². The number of hydrogen-bond donors (Lipinski definition) is 1. The third-order valence-electron chi connectivity index (χ3n) is 4.95. The fraction of sp³-hybridized carbons (Fsp3) is 0.208. The van der Waals surface area contributed by atoms with Crippen molar-refractivity contribution in [2.75, 3.05) is 12.4 Å². The first-order valence-corrected chi connectivity index (χ1v) is 9.64. The topological polar surface area (TPSA) is 60.7 Å². The van der Waals surface area contributed by atoms with Crippen LogP contribution in [0.2, 0.25) is 0 Å². The van der Waals surface area contributed by atoms with Crippen LogP contribution in [-0.2, 0) is 11.2 Å². The molecule has 0 saturated carbocycles. The number of aryl methyl sites for hydroxylation is 1. The Morgan fingerprint density at radius 2 is 1.86 bits per heavy atom. The van der Waals surface area contributed by atoms with E-state index in [0.717, 1.165) is 28.3 Å². The van der Waals surface area contributed by atoms with Crippen LogP contribution in [0.5, 0.6) is 11.5 Å². The summed E-state index contributed by atoms with van der Waals surface area (Å²) in [5, 5.41) is 4.84. The van der Waals surface area contributed by atoms with Gasteiger partial charge >= 0.3 is 0 Å². The van der Waals surface area contributed by atoms with Gasteiger partial charge in [-0.3, -0.25) is 4.79 Å². The number of methoxy groups -OCH3 is 1. The highest BCUT2D eigenvalue weighted by Gasteiger charge is 2.19. The predicted octanol–water partition coefficient (Wildman–Crippen LogP) is 5.56. The molecule has 148 valence electrons. The molecular formula is C24H23NO4. The molecule has 0 aliphatic carbocycles. The van der Waals surface area contributed by atoms with E-state index >= 15 is 0 Å². The first-order valence-electron chi connectivity index (χ1n) is 9.64. The Labute approximate surface area is 169 Å². The van der Waals surface area contributed by atoms with Crippen LogP contribution in [-0.4, -0.2) is 19.1 Å². The van der Waals surface area contributed by atoms with Gasteiger partial charge in [-0.25, -0.2) is 0 Å². The van der Waals surface area contributed by atoms with E-state index in [1.165, 1.54) is 0 Å². The zero-order valence-corrected chi connectivity index (χ0v) is 16.7. The lowest BCUT2D eigenvalue weighted by molar-refractivity contribution is -0.122. The molecule has 0 saturated heterocycles. The molecule has 1 amide bonds. The van der Waals surface area contributed by atoms with Crippen LogP contribution in [0.3, 0.4) is 0 Å². The molecule has 5 heteroatoms. The van der Waals surface area contributed by atoms with Crippen LogP contribution < -0.4 is 14.8 Å². The van der Waals surface area contributed by atoms with E-state index in [1.807, 2.05) is 54.6 Å². The van der Waals surface area contributed by atoms with E-state index in [-0.39, 0.29) is 5.91 Å². The molecule has 1 aromatic heterocycles. The number of furan rings is 1. The number of hydrogen-bond acceptors (Lipinski definition) is 4. The van der Waals surface area contributed by atoms with Crippen LogP contribution in [0.25, 0.3) is 21.9 Å². The molecule has 0 radical (unpaired) electrons. The van der Waals surface area contributed by atoms with E-state index in [9.17, 15) is 4.79 Å². The first kappa shape index (κ1) is 18.9. The summed E-state index contributed by atoms with van der Waals surface area (Å²) in [4.78, 5) is 12.7. The van der Waals surface area contributed by atoms with Gasteiger partial charge in [-0.1, -0.05) is 37.3 Å². The zero-order chi connectivity index (χ0) is 20.4. The number of para-hydroxylation sites is 1. The molecule has 3 aromatic carbocycles. The largest absolute Gasteiger partial charge is 0.495 e. The van der Waals surface area contributed by atoms with Crippen LogP contribution in [0.15, 0.2) is 65.1 Å². The normalized spacial score (nSPS) is 12.1. The van der Waals surface area contributed by atoms with Gasteiger partial charge in [-0.15, -0.1) is 0 Å². The molecular weight excluding hydrogens is 366 g/mol. The lowest BCUT2D eigenvalue weighted by atomic mass is 10.1. The van der Waals surface area contributed by atoms with Crippen molar-refractivity contribution < 1.29 is 18.7 Å². The Morgan fingerprint density at radius 1 is 1.03 bits per heavy atom. The molecule has 4 aromatic rings. The minimum atomic E-state index is -0.668. The molecule has 0 bridgehead atoms. The summed E-state index contributed by atoms with van der Waals surface area (Å²) >= 11 is 0. The second-order valence-electron chi connectivity index (χ2n) is 6.90. The summed E-state index contributed by atoms with van der Waals surface area (Å²) in [6.45, 7) is 3.80. The lowest BCUT2D eigenvalue weighted by Crippen LogP contribution is -2.30. The van der Waals surface area contributed by atoms with Gasteiger partial charge in [0.1, 0.15) is 22.7 Å². The number of fused-ring (bicyclic) bond motifs is 3. The van der Waals surface area contributed by atoms with E-state index in [1.54, 1.807) is 20.1 Å². The van der Waals surface area contributed by atoms with Gasteiger partial charge in [-0.2, -0.15) is 0 Å². The minimum Gasteiger partial charge on any atom is -0.495 e. The van der Waals surface area contributed by atoms with Crippen molar-refractivity contribution in [2.45, 2.75) is 26.4 Å². The Balaban J connectivity index is 1.58. The molecule has 5 nitrogen and oxygen atoms in total. The highest BCUT2D eigenvalue weighted by molar-refractivity contribution is 6.08. The highest BCUT2D eigenvalue weighted by atomic mass is 16.5. The summed E-state index contributed by atoms with van der Waals surface area (Å²) in [5.74, 6) is 0.977. The van der Waals surface area contributed by atoms with Crippen molar-refractivity contribution in [3.05, 3.63) is 66.2 Å². The second-order valence-corrected chi connectivity index (χ2v) is 6.90. The molecule has 0 fully saturated rings. The third-order valence-corrected chi connectivity index (χ3v) is 4.95. The van der Waals surface area contributed by atoms with E-state index in [4.69, 9.17) is 13.9 Å². The number of ether oxygens (including phenoxy) is 2. The maximum absolute atomic E-state index is 12.7. The second kappa shape index (κ2) is 7.87. The van der Waals surface area contributed by atoms with Gasteiger partial charge in [-0.05, 0) is 43.2 Å². The van der Waals surface area contributed by atoms with Crippen LogP contribution >= 0.6 is 0 Å². The fourth-order valence-corrected chi connectivity index (χ4v) is 3.35. The monoisotopic (exact) mass is 389 g/mol. The Morgan fingerprint density at radius 3 is 2.66 bits per heavy atom. The highest BCUT2D eigenvalue weighted by Crippen LogP contribution is 2.36. The quantitative estimate of drug-likeness (QED) is 0.469. The SMILES string of the molecule is CCc1cccc(O[C@H](C)C(=O)Nc2cc3oc4ccccc4c3cc2OC)c1. The van der Waals surface area contributed by atoms with Crippen LogP contribution in [0.4, 0.5) is 5.69 Å². The number of carbonyl (C=O) groups is 1. The molecule has 0 aliphatic rings. The zero-order valence-electron chi connectivity index (χ0n) is 16.7. The Hall–Kier alpha value is -3.47. The van der Waals surface area contributed by atoms with Crippen LogP contribution in [0, 0.1) is 0 Å². The lowest BCUT2D eigenvalue weighted by Gasteiger charge is -2.16. The van der Waals surface area contributed by atoms with Gasteiger partial charge in [0.05, 0.1) is 12.8 Å². The number of benzene rings is 3.